The van der Waals surface area contributed by atoms with Gasteiger partial charge in [-0.2, -0.15) is 0 Å². The van der Waals surface area contributed by atoms with Gasteiger partial charge in [0.05, 0.1) is 12.1 Å². The van der Waals surface area contributed by atoms with Crippen LogP contribution in [0.5, 0.6) is 5.75 Å². The smallest absolute Gasteiger partial charge is 0.300 e. The van der Waals surface area contributed by atoms with Gasteiger partial charge < -0.3 is 74.7 Å². The monoisotopic (exact) mass is 1160 g/mol. The Morgan fingerprint density at radius 1 is 0.716 bits per heavy atom. The Hall–Kier alpha value is -7.71. The number of phenols is 1. The van der Waals surface area contributed by atoms with Crippen LogP contribution in [0.15, 0.2) is 97.2 Å². The average molecular weight is 1160 g/mol. The molecule has 17 N–H and O–H groups in total. The van der Waals surface area contributed by atoms with Gasteiger partial charge in [-0.3, -0.25) is 43.2 Å². The fraction of sp³-hybridized carbons (Fsp3) is 0.411. The molecule has 0 unspecified atom stereocenters. The molecule has 1 aliphatic rings. The second-order valence-electron chi connectivity index (χ2n) is 20.0. The van der Waals surface area contributed by atoms with E-state index in [1.54, 1.807) is 32.2 Å². The molecule has 4 aromatic carbocycles. The number of carbonyl (C=O) groups is 9. The van der Waals surface area contributed by atoms with E-state index in [1.807, 2.05) is 66.7 Å². The standard InChI is InChI=1S/C54H69N11O10S2.C2H4O2/c1-29(2)45-54(75)63-44(53(74)65-46(30(3)66)47(57)68)28-77-76-27-43(62-48(69)38(56)23-32-15-18-33-10-4-5-11-34(33)22-32)52(73)60-41(24-31-16-19-36(67)20-17-31)50(71)61-42(25-35-26-58-39-13-7-6-12-37(35)39)51(72)59-40(49(70)64-45)14-8-9-21-55;1-2(3)4/h4-7,10-13,15-20,22,26,29-30,38,40-46,58,66-67H,8-9,14,21,23-25,27-28,55-56H2,1-3H3,(H2,57,68)(H,59,72)(H,60,73)(H,61,71)(H,62,69)(H,63,75)(H,64,70)(H,65,74);1H3,(H,3,4)/t30-,38-,40+,41+,42-,43-,44-,45+,46+;/m1./s1. The Morgan fingerprint density at radius 2 is 1.31 bits per heavy atom. The van der Waals surface area contributed by atoms with Gasteiger partial charge in [-0.25, -0.2) is 0 Å². The van der Waals surface area contributed by atoms with Crippen molar-refractivity contribution in [3.63, 3.8) is 0 Å². The van der Waals surface area contributed by atoms with Crippen molar-refractivity contribution >= 4 is 96.5 Å². The lowest BCUT2D eigenvalue weighted by molar-refractivity contribution is -0.136. The van der Waals surface area contributed by atoms with Gasteiger partial charge in [0.1, 0.15) is 48.0 Å². The number of carboxylic acid groups (broad SMARTS) is 1. The van der Waals surface area contributed by atoms with Gasteiger partial charge in [-0.15, -0.1) is 0 Å². The number of unbranched alkanes of at least 4 members (excludes halogenated alkanes) is 1. The predicted octanol–water partition coefficient (Wildman–Crippen LogP) is 0.913. The Labute approximate surface area is 476 Å². The maximum Gasteiger partial charge on any atom is 0.300 e. The molecule has 2 heterocycles. The summed E-state index contributed by atoms with van der Waals surface area (Å²) < 4.78 is 0. The minimum absolute atomic E-state index is 0.0501. The second-order valence-corrected chi connectivity index (χ2v) is 22.5. The summed E-state index contributed by atoms with van der Waals surface area (Å²) in [5.74, 6) is -8.50. The van der Waals surface area contributed by atoms with Crippen molar-refractivity contribution in [1.29, 1.82) is 0 Å². The Morgan fingerprint density at radius 3 is 1.96 bits per heavy atom. The molecule has 0 bridgehead atoms. The Balaban J connectivity index is 0.00000291. The number of aromatic nitrogens is 1. The van der Waals surface area contributed by atoms with Crippen molar-refractivity contribution in [3.8, 4) is 5.75 Å². The number of H-pyrrole nitrogens is 1. The maximum atomic E-state index is 14.9. The van der Waals surface area contributed by atoms with Gasteiger partial charge >= 0.3 is 0 Å². The first kappa shape index (κ1) is 64.1. The number of nitrogens with one attached hydrogen (secondary N) is 8. The van der Waals surface area contributed by atoms with E-state index in [1.165, 1.54) is 19.1 Å². The first-order chi connectivity index (χ1) is 38.5. The van der Waals surface area contributed by atoms with Crippen molar-refractivity contribution in [3.05, 3.63) is 114 Å². The lowest BCUT2D eigenvalue weighted by Gasteiger charge is -2.29. The van der Waals surface area contributed by atoms with E-state index in [0.29, 0.717) is 24.0 Å². The zero-order valence-electron chi connectivity index (χ0n) is 45.4. The second kappa shape index (κ2) is 31.3. The number of nitrogens with two attached hydrogens (primary N) is 3. The Kier molecular flexibility index (Phi) is 24.8. The highest BCUT2D eigenvalue weighted by Gasteiger charge is 2.36. The normalized spacial score (nSPS) is 20.9. The number of phenolic OH excluding ortho intramolecular Hbond substituents is 1. The highest BCUT2D eigenvalue weighted by Crippen LogP contribution is 2.25. The molecule has 1 aliphatic heterocycles. The molecule has 0 spiro atoms. The van der Waals surface area contributed by atoms with Gasteiger partial charge in [0.25, 0.3) is 5.97 Å². The van der Waals surface area contributed by atoms with Crippen LogP contribution in [-0.4, -0.2) is 146 Å². The number of hydrogen-bond donors (Lipinski definition) is 14. The van der Waals surface area contributed by atoms with E-state index in [-0.39, 0.29) is 49.5 Å². The van der Waals surface area contributed by atoms with Crippen LogP contribution in [0.3, 0.4) is 0 Å². The van der Waals surface area contributed by atoms with E-state index < -0.39 is 114 Å². The van der Waals surface area contributed by atoms with Gasteiger partial charge in [0, 0.05) is 48.4 Å². The fourth-order valence-electron chi connectivity index (χ4n) is 8.71. The molecule has 81 heavy (non-hydrogen) atoms. The summed E-state index contributed by atoms with van der Waals surface area (Å²) >= 11 is 0. The third-order valence-corrected chi connectivity index (χ3v) is 15.5. The number of aromatic hydroxyl groups is 1. The average Bonchev–Trinajstić information content (AvgIpc) is 3.88. The highest BCUT2D eigenvalue weighted by atomic mass is 33.1. The van der Waals surface area contributed by atoms with Gasteiger partial charge in [0.2, 0.25) is 47.3 Å². The van der Waals surface area contributed by atoms with Crippen LogP contribution >= 0.6 is 21.6 Å². The van der Waals surface area contributed by atoms with Gasteiger partial charge in [0.15, 0.2) is 0 Å². The number of fused-ring (bicyclic) bond motifs is 2. The zero-order valence-corrected chi connectivity index (χ0v) is 47.1. The molecular weight excluding hydrogens is 1080 g/mol. The molecule has 6 rings (SSSR count). The Bertz CT molecular complexity index is 2990. The van der Waals surface area contributed by atoms with E-state index in [4.69, 9.17) is 27.1 Å². The molecule has 1 fully saturated rings. The third kappa shape index (κ3) is 19.8. The van der Waals surface area contributed by atoms with Crippen LogP contribution in [0.25, 0.3) is 21.7 Å². The number of aliphatic hydroxyl groups is 1. The summed E-state index contributed by atoms with van der Waals surface area (Å²) in [5, 5.41) is 49.5. The summed E-state index contributed by atoms with van der Waals surface area (Å²) in [6.07, 6.45) is 1.05. The number of benzene rings is 4. The number of carboxylic acids is 1. The molecule has 23 nitrogen and oxygen atoms in total. The number of amides is 8. The summed E-state index contributed by atoms with van der Waals surface area (Å²) in [4.78, 5) is 125. The molecule has 0 aliphatic carbocycles. The first-order valence-corrected chi connectivity index (χ1v) is 28.8. The minimum atomic E-state index is -1.55. The van der Waals surface area contributed by atoms with Crippen molar-refractivity contribution < 1.29 is 58.5 Å². The molecule has 1 saturated heterocycles. The van der Waals surface area contributed by atoms with Crippen LogP contribution in [-0.2, 0) is 62.4 Å². The molecule has 8 amide bonds. The lowest BCUT2D eigenvalue weighted by Crippen LogP contribution is -2.62. The van der Waals surface area contributed by atoms with E-state index in [2.05, 4.69) is 42.2 Å². The van der Waals surface area contributed by atoms with Crippen LogP contribution in [0.4, 0.5) is 0 Å². The van der Waals surface area contributed by atoms with Crippen LogP contribution < -0.4 is 54.4 Å². The minimum Gasteiger partial charge on any atom is -0.508 e. The van der Waals surface area contributed by atoms with Crippen molar-refractivity contribution in [1.82, 2.24) is 42.2 Å². The molecular formula is C56H73N11O12S2. The largest absolute Gasteiger partial charge is 0.508 e. The SMILES string of the molecule is CC(=O)O.CC(C)[C@@H]1NC(=O)[C@H](CCCCN)NC(=O)[C@@H](Cc2c[nH]c3ccccc23)NC(=O)[C@H](Cc2ccc(O)cc2)NC(=O)[C@H](NC(=O)[C@H](N)Cc2ccc3ccccc3c2)CSSC[C@H](C(=O)N[C@H](C(N)=O)[C@@H](C)O)NC1=O. The summed E-state index contributed by atoms with van der Waals surface area (Å²) in [7, 11) is 2.03. The number of carbonyl (C=O) groups excluding carboxylic acids is 8. The number of hydrogen-bond acceptors (Lipinski definition) is 15. The highest BCUT2D eigenvalue weighted by molar-refractivity contribution is 8.76. The van der Waals surface area contributed by atoms with Crippen molar-refractivity contribution in [2.75, 3.05) is 18.1 Å². The number of primary amides is 1. The van der Waals surface area contributed by atoms with Gasteiger partial charge in [-0.1, -0.05) is 108 Å². The van der Waals surface area contributed by atoms with E-state index >= 15 is 0 Å². The number of aliphatic hydroxyl groups excluding tert-OH is 1. The van der Waals surface area contributed by atoms with E-state index in [9.17, 15) is 48.6 Å². The molecule has 1 aromatic heterocycles. The zero-order chi connectivity index (χ0) is 59.3. The van der Waals surface area contributed by atoms with Crippen molar-refractivity contribution in [2.45, 2.75) is 121 Å². The number of rotatable bonds is 17. The first-order valence-electron chi connectivity index (χ1n) is 26.3. The van der Waals surface area contributed by atoms with Gasteiger partial charge in [-0.05, 0) is 90.7 Å². The molecule has 25 heteroatoms. The summed E-state index contributed by atoms with van der Waals surface area (Å²) in [6, 6.07) is 15.8. The number of para-hydroxylation sites is 1. The molecule has 436 valence electrons. The molecule has 0 saturated carbocycles. The summed E-state index contributed by atoms with van der Waals surface area (Å²) in [5.41, 5.74) is 20.5. The van der Waals surface area contributed by atoms with Crippen LogP contribution in [0, 0.1) is 5.92 Å². The predicted molar refractivity (Wildman–Crippen MR) is 310 cm³/mol. The fourth-order valence-corrected chi connectivity index (χ4v) is 11.0. The maximum absolute atomic E-state index is 14.9. The van der Waals surface area contributed by atoms with Crippen molar-refractivity contribution in [2.24, 2.45) is 23.1 Å². The molecule has 9 atom stereocenters. The third-order valence-electron chi connectivity index (χ3n) is 13.1. The topological polar surface area (TPSA) is 392 Å². The van der Waals surface area contributed by atoms with Crippen LogP contribution in [0.1, 0.15) is 63.6 Å². The molecule has 5 aromatic rings. The number of aliphatic carboxylic acids is 1. The van der Waals surface area contributed by atoms with E-state index in [0.717, 1.165) is 55.8 Å². The summed E-state index contributed by atoms with van der Waals surface area (Å²) in [6.45, 7) is 5.93. The quantitative estimate of drug-likeness (QED) is 0.0455. The lowest BCUT2D eigenvalue weighted by atomic mass is 10.00. The molecule has 0 radical (unpaired) electrons. The number of aromatic amines is 1. The van der Waals surface area contributed by atoms with Crippen LogP contribution in [0.2, 0.25) is 0 Å².